The Hall–Kier alpha value is -8.49. The Kier molecular flexibility index (Phi) is 35.1. The predicted octanol–water partition coefficient (Wildman–Crippen LogP) is 5.56. The fourth-order valence-electron chi connectivity index (χ4n) is 13.3. The van der Waals surface area contributed by atoms with E-state index in [0.29, 0.717) is 30.6 Å². The fraction of sp³-hybridized carbons (Fsp3) is 0.675. The van der Waals surface area contributed by atoms with Crippen molar-refractivity contribution in [2.75, 3.05) is 55.9 Å². The highest BCUT2D eigenvalue weighted by molar-refractivity contribution is 6.08. The number of hydrogen-bond donors (Lipinski definition) is 6. The first-order chi connectivity index (χ1) is 48.4. The van der Waals surface area contributed by atoms with Gasteiger partial charge in [0.05, 0.1) is 24.3 Å². The number of allylic oxidation sites excluding steroid dienone is 2. The number of ketones is 1. The number of rotatable bonds is 18. The average molecular weight is 1460 g/mol. The van der Waals surface area contributed by atoms with Gasteiger partial charge in [-0.25, -0.2) is 0 Å². The van der Waals surface area contributed by atoms with E-state index in [1.807, 2.05) is 84.2 Å². The molecule has 1 saturated heterocycles. The van der Waals surface area contributed by atoms with Gasteiger partial charge in [0.25, 0.3) is 0 Å². The van der Waals surface area contributed by atoms with Gasteiger partial charge in [0.15, 0.2) is 0 Å². The molecule has 4 rings (SSSR count). The number of fused-ring (bicyclic) bond motifs is 1. The van der Waals surface area contributed by atoms with Gasteiger partial charge < -0.3 is 70.3 Å². The molecule has 0 spiro atoms. The summed E-state index contributed by atoms with van der Waals surface area (Å²) in [6.45, 7) is 29.9. The molecule has 0 radical (unpaired) electrons. The van der Waals surface area contributed by atoms with E-state index in [1.165, 1.54) is 87.7 Å². The zero-order chi connectivity index (χ0) is 79.4. The maximum atomic E-state index is 15.1. The molecule has 0 aliphatic carbocycles. The summed E-state index contributed by atoms with van der Waals surface area (Å²) in [4.78, 5) is 192. The van der Waals surface area contributed by atoms with Crippen LogP contribution in [0.4, 0.5) is 0 Å². The molecule has 2 aromatic rings. The van der Waals surface area contributed by atoms with Crippen LogP contribution in [0.3, 0.4) is 0 Å². The largest absolute Gasteiger partial charge is 0.481 e. The Morgan fingerprint density at radius 1 is 0.519 bits per heavy atom. The summed E-state index contributed by atoms with van der Waals surface area (Å²) in [5, 5.41) is 32.2. The van der Waals surface area contributed by atoms with E-state index in [1.54, 1.807) is 78.8 Å². The SMILES string of the molecule is C/C=C/C[C@@H](C)[C@@H](O)[C@H]1C(=O)N[C@@H](CC)C(=O)N(C)CC(=O)N(C)[C@@H](CC(C)C)C(=O)N[C@@H](C(C)C)C(=O)N(C)[C@@H](CC(C)C)C(=O)N[C@@H](C)C(=O)N[C@H](C)C(=O)N(C)[C@@H](CC(C)C)C(=O)N(C)[C@@H](CC(C)C)C(=O)N(C)[C@@H](C(C)C)C(=O)N1C.O=C(c1ccccc1)c1ccc2n1CCC2C(=O)O. The first kappa shape index (κ1) is 89.7. The molecule has 6 N–H and O–H groups in total. The quantitative estimate of drug-likeness (QED) is 0.0786. The summed E-state index contributed by atoms with van der Waals surface area (Å²) >= 11 is 0. The number of nitrogens with one attached hydrogen (secondary N) is 4. The minimum atomic E-state index is -1.61. The number of aliphatic hydroxyl groups is 1. The number of carbonyl (C=O) groups is 13. The van der Waals surface area contributed by atoms with Gasteiger partial charge in [-0.1, -0.05) is 139 Å². The molecule has 2 aliphatic heterocycles. The van der Waals surface area contributed by atoms with E-state index >= 15 is 9.59 Å². The molecular weight excluding hydrogens is 1330 g/mol. The van der Waals surface area contributed by atoms with Gasteiger partial charge in [-0.2, -0.15) is 0 Å². The van der Waals surface area contributed by atoms with E-state index in [-0.39, 0.29) is 61.6 Å². The molecule has 11 amide bonds. The molecule has 1 aromatic heterocycles. The van der Waals surface area contributed by atoms with Crippen LogP contribution in [0.5, 0.6) is 0 Å². The van der Waals surface area contributed by atoms with Crippen LogP contribution in [-0.2, 0) is 64.1 Å². The topological polar surface area (TPSA) is 338 Å². The van der Waals surface area contributed by atoms with Gasteiger partial charge in [-0.05, 0) is 119 Å². The summed E-state index contributed by atoms with van der Waals surface area (Å²) in [5.74, 6) is -11.1. The first-order valence-electron chi connectivity index (χ1n) is 36.8. The normalized spacial score (nSPS) is 25.1. The van der Waals surface area contributed by atoms with Crippen molar-refractivity contribution in [3.05, 3.63) is 71.6 Å². The van der Waals surface area contributed by atoms with Crippen molar-refractivity contribution in [3.8, 4) is 0 Å². The van der Waals surface area contributed by atoms with Crippen LogP contribution in [0, 0.1) is 41.4 Å². The van der Waals surface area contributed by atoms with Crippen molar-refractivity contribution in [1.29, 1.82) is 0 Å². The van der Waals surface area contributed by atoms with Crippen LogP contribution in [0.1, 0.15) is 190 Å². The van der Waals surface area contributed by atoms with Gasteiger partial charge in [0.2, 0.25) is 70.8 Å². The van der Waals surface area contributed by atoms with Crippen molar-refractivity contribution in [2.45, 2.75) is 242 Å². The minimum Gasteiger partial charge on any atom is -0.481 e. The Balaban J connectivity index is 0.00000125. The number of aliphatic hydroxyl groups excluding tert-OH is 1. The molecule has 0 saturated carbocycles. The summed E-state index contributed by atoms with van der Waals surface area (Å²) in [5.41, 5.74) is 1.93. The van der Waals surface area contributed by atoms with E-state index in [2.05, 4.69) is 21.3 Å². The molecule has 582 valence electrons. The highest BCUT2D eigenvalue weighted by atomic mass is 16.4. The second-order valence-electron chi connectivity index (χ2n) is 30.8. The molecular formula is C77H124N12O15. The molecule has 2 aliphatic rings. The number of carbonyl (C=O) groups excluding carboxylic acids is 12. The van der Waals surface area contributed by atoms with E-state index in [0.717, 1.165) is 15.5 Å². The lowest BCUT2D eigenvalue weighted by Crippen LogP contribution is -2.63. The van der Waals surface area contributed by atoms with E-state index in [4.69, 9.17) is 5.11 Å². The zero-order valence-corrected chi connectivity index (χ0v) is 66.3. The maximum Gasteiger partial charge on any atom is 0.312 e. The number of nitrogens with zero attached hydrogens (tertiary/aromatic N) is 8. The summed E-state index contributed by atoms with van der Waals surface area (Å²) < 4.78 is 1.83. The van der Waals surface area contributed by atoms with Gasteiger partial charge in [-0.15, -0.1) is 0 Å². The number of amides is 11. The number of carboxylic acids is 1. The lowest BCUT2D eigenvalue weighted by atomic mass is 9.91. The number of benzene rings is 1. The molecule has 0 bridgehead atoms. The summed E-state index contributed by atoms with van der Waals surface area (Å²) in [6.07, 6.45) is 3.60. The molecule has 104 heavy (non-hydrogen) atoms. The monoisotopic (exact) mass is 1460 g/mol. The van der Waals surface area contributed by atoms with Gasteiger partial charge in [0.1, 0.15) is 60.4 Å². The zero-order valence-electron chi connectivity index (χ0n) is 66.3. The highest BCUT2D eigenvalue weighted by Gasteiger charge is 2.46. The number of likely N-dealkylation sites (N-methyl/N-ethyl adjacent to an activating group) is 7. The number of aliphatic carboxylic acids is 1. The van der Waals surface area contributed by atoms with Gasteiger partial charge >= 0.3 is 5.97 Å². The molecule has 1 unspecified atom stereocenters. The van der Waals surface area contributed by atoms with Gasteiger partial charge in [-0.3, -0.25) is 62.3 Å². The smallest absolute Gasteiger partial charge is 0.312 e. The van der Waals surface area contributed by atoms with Crippen molar-refractivity contribution in [3.63, 3.8) is 0 Å². The van der Waals surface area contributed by atoms with Crippen LogP contribution in [0.2, 0.25) is 0 Å². The lowest BCUT2D eigenvalue weighted by Gasteiger charge is -2.41. The van der Waals surface area contributed by atoms with E-state index in [9.17, 15) is 57.8 Å². The average Bonchev–Trinajstić information content (AvgIpc) is 1.58. The second-order valence-corrected chi connectivity index (χ2v) is 30.8. The van der Waals surface area contributed by atoms with Crippen LogP contribution < -0.4 is 21.3 Å². The Morgan fingerprint density at radius 3 is 1.48 bits per heavy atom. The van der Waals surface area contributed by atoms with Crippen molar-refractivity contribution < 1.29 is 72.5 Å². The third-order valence-electron chi connectivity index (χ3n) is 19.7. The highest BCUT2D eigenvalue weighted by Crippen LogP contribution is 2.32. The molecule has 13 atom stereocenters. The predicted molar refractivity (Wildman–Crippen MR) is 398 cm³/mol. The number of aromatic nitrogens is 1. The molecule has 27 nitrogen and oxygen atoms in total. The Labute approximate surface area is 617 Å². The van der Waals surface area contributed by atoms with Crippen LogP contribution >= 0.6 is 0 Å². The second kappa shape index (κ2) is 40.7. The molecule has 1 fully saturated rings. The number of hydrogen-bond acceptors (Lipinski definition) is 14. The number of carboxylic acid groups (broad SMARTS) is 1. The van der Waals surface area contributed by atoms with Crippen LogP contribution in [0.25, 0.3) is 0 Å². The summed E-state index contributed by atoms with van der Waals surface area (Å²) in [7, 11) is 9.92. The summed E-state index contributed by atoms with van der Waals surface area (Å²) in [6, 6.07) is 0.188. The molecule has 3 heterocycles. The van der Waals surface area contributed by atoms with Gasteiger partial charge in [0, 0.05) is 67.1 Å². The van der Waals surface area contributed by atoms with Crippen LogP contribution in [-0.4, -0.2) is 248 Å². The first-order valence-corrected chi connectivity index (χ1v) is 36.8. The lowest BCUT2D eigenvalue weighted by molar-refractivity contribution is -0.157. The van der Waals surface area contributed by atoms with Crippen molar-refractivity contribution in [2.24, 2.45) is 41.4 Å². The van der Waals surface area contributed by atoms with Crippen molar-refractivity contribution >= 4 is 76.7 Å². The van der Waals surface area contributed by atoms with Crippen LogP contribution in [0.15, 0.2) is 54.6 Å². The maximum absolute atomic E-state index is 15.1. The molecule has 27 heteroatoms. The Morgan fingerprint density at radius 2 is 0.990 bits per heavy atom. The van der Waals surface area contributed by atoms with E-state index < -0.39 is 168 Å². The fourth-order valence-corrected chi connectivity index (χ4v) is 13.3. The Bertz CT molecular complexity index is 3330. The third-order valence-corrected chi connectivity index (χ3v) is 19.7. The standard InChI is InChI=1S/C62H111N11O12.C15H13NO3/c1-25-27-28-40(15)52(75)51-56(79)65-43(26-2)58(81)67(18)33-48(74)68(19)44(29-34(3)4)55(78)66-49(38(11)12)61(84)69(20)45(30-35(5)6)54(77)63-41(16)53(76)64-42(17)57(80)70(21)46(31-36(7)8)59(82)71(22)47(32-37(9)10)60(83)72(23)50(39(13)14)62(85)73(51)24;17-14(10-4-2-1-3-5-10)13-7-6-12-11(15(18)19)8-9-16(12)13/h25,27,34-47,49-52,75H,26,28-33H2,1-24H3,(H,63,77)(H,64,76)(H,65,79)(H,66,78);1-7,11H,8-9H2,(H,18,19)/b27-25+;/t40-,41+,42-,43+,44+,45+,46+,47+,49+,50+,51+,52-;/m1./s1. The van der Waals surface area contributed by atoms with Crippen molar-refractivity contribution in [1.82, 2.24) is 60.1 Å². The third kappa shape index (κ3) is 23.8. The molecule has 1 aromatic carbocycles. The minimum absolute atomic E-state index is 0.0229.